The van der Waals surface area contributed by atoms with Gasteiger partial charge in [-0.2, -0.15) is 4.68 Å². The van der Waals surface area contributed by atoms with Crippen LogP contribution in [-0.2, 0) is 0 Å². The first-order valence-electron chi connectivity index (χ1n) is 7.01. The molecule has 0 unspecified atom stereocenters. The lowest BCUT2D eigenvalue weighted by atomic mass is 10.1. The predicted octanol–water partition coefficient (Wildman–Crippen LogP) is 1.20. The number of aromatic amines is 1. The van der Waals surface area contributed by atoms with Gasteiger partial charge in [0.05, 0.1) is 22.3 Å². The van der Waals surface area contributed by atoms with Crippen molar-refractivity contribution in [3.05, 3.63) is 68.7 Å². The van der Waals surface area contributed by atoms with Crippen molar-refractivity contribution in [2.24, 2.45) is 0 Å². The van der Waals surface area contributed by atoms with E-state index in [1.165, 1.54) is 12.1 Å². The lowest BCUT2D eigenvalue weighted by molar-refractivity contribution is 0.0697. The van der Waals surface area contributed by atoms with Crippen molar-refractivity contribution >= 4 is 22.7 Å². The maximum atomic E-state index is 11.0. The number of aromatic carboxylic acids is 1. The summed E-state index contributed by atoms with van der Waals surface area (Å²) in [4.78, 5) is 40.5. The number of rotatable bonds is 4. The monoisotopic (exact) mass is 322 g/mol. The Morgan fingerprint density at radius 3 is 2.42 bits per heavy atom. The van der Waals surface area contributed by atoms with Crippen molar-refractivity contribution < 1.29 is 9.90 Å². The number of aromatic nitrogens is 3. The number of imidazole rings is 1. The minimum Gasteiger partial charge on any atom is -0.478 e. The molecule has 4 aromatic rings. The van der Waals surface area contributed by atoms with Crippen LogP contribution in [-0.4, -0.2) is 25.7 Å². The predicted molar refractivity (Wildman–Crippen MR) is 86.9 cm³/mol. The molecular weight excluding hydrogens is 312 g/mol. The second kappa shape index (κ2) is 4.92. The minimum absolute atomic E-state index is 0.203. The molecule has 8 nitrogen and oxygen atoms in total. The Morgan fingerprint density at radius 2 is 1.79 bits per heavy atom. The zero-order valence-corrected chi connectivity index (χ0v) is 12.1. The van der Waals surface area contributed by atoms with E-state index < -0.39 is 17.1 Å². The van der Waals surface area contributed by atoms with Gasteiger partial charge in [0.1, 0.15) is 5.82 Å². The molecule has 0 aliphatic heterocycles. The van der Waals surface area contributed by atoms with Gasteiger partial charge in [-0.1, -0.05) is 12.1 Å². The zero-order valence-electron chi connectivity index (χ0n) is 12.1. The van der Waals surface area contributed by atoms with Crippen molar-refractivity contribution in [2.45, 2.75) is 0 Å². The Kier molecular flexibility index (Phi) is 2.86. The van der Waals surface area contributed by atoms with E-state index in [-0.39, 0.29) is 5.56 Å². The van der Waals surface area contributed by atoms with Gasteiger partial charge in [-0.05, 0) is 30.3 Å². The van der Waals surface area contributed by atoms with Gasteiger partial charge in [0.25, 0.3) is 0 Å². The average molecular weight is 322 g/mol. The van der Waals surface area contributed by atoms with E-state index in [0.29, 0.717) is 17.0 Å². The van der Waals surface area contributed by atoms with E-state index in [9.17, 15) is 14.4 Å². The van der Waals surface area contributed by atoms with Gasteiger partial charge in [-0.15, -0.1) is 0 Å². The molecule has 0 aliphatic carbocycles. The van der Waals surface area contributed by atoms with Crippen molar-refractivity contribution in [3.63, 3.8) is 0 Å². The van der Waals surface area contributed by atoms with Crippen LogP contribution in [0.25, 0.3) is 22.4 Å². The summed E-state index contributed by atoms with van der Waals surface area (Å²) < 4.78 is 0.920. The smallest absolute Gasteiger partial charge is 0.340 e. The third-order valence-corrected chi connectivity index (χ3v) is 3.67. The van der Waals surface area contributed by atoms with Crippen LogP contribution in [0.3, 0.4) is 0 Å². The van der Waals surface area contributed by atoms with E-state index in [0.717, 1.165) is 15.8 Å². The standard InChI is InChI=1S/C16H10N4O4/c21-14-15(22)20(14)19-10-5-6-11-12(7-10)18-13(17-11)8-1-3-9(4-2-8)16(23)24/h1-7,19H,(H,17,18)(H,23,24). The first-order chi connectivity index (χ1) is 11.5. The highest BCUT2D eigenvalue weighted by atomic mass is 16.4. The molecule has 0 saturated heterocycles. The fourth-order valence-electron chi connectivity index (χ4n) is 2.35. The van der Waals surface area contributed by atoms with Gasteiger partial charge in [0, 0.05) is 5.56 Å². The van der Waals surface area contributed by atoms with Gasteiger partial charge < -0.3 is 10.1 Å². The highest BCUT2D eigenvalue weighted by molar-refractivity contribution is 5.88. The Hall–Kier alpha value is -3.68. The SMILES string of the molecule is O=C(O)c1ccc(-c2nc3ccc(Nn4c(=O)c4=O)cc3[nH]2)cc1. The summed E-state index contributed by atoms with van der Waals surface area (Å²) in [6, 6.07) is 11.6. The molecule has 0 aliphatic rings. The lowest BCUT2D eigenvalue weighted by Gasteiger charge is -1.99. The van der Waals surface area contributed by atoms with Crippen LogP contribution in [0.5, 0.6) is 0 Å². The number of benzene rings is 2. The third kappa shape index (κ3) is 2.26. The number of anilines is 1. The summed E-state index contributed by atoms with van der Waals surface area (Å²) in [5.41, 5.74) is 4.52. The number of carbonyl (C=O) groups is 1. The van der Waals surface area contributed by atoms with Gasteiger partial charge in [-0.25, -0.2) is 9.78 Å². The van der Waals surface area contributed by atoms with Crippen molar-refractivity contribution in [2.75, 3.05) is 5.43 Å². The number of nitrogens with zero attached hydrogens (tertiary/aromatic N) is 2. The first kappa shape index (κ1) is 13.9. The van der Waals surface area contributed by atoms with E-state index in [4.69, 9.17) is 5.11 Å². The molecule has 0 spiro atoms. The highest BCUT2D eigenvalue weighted by Crippen LogP contribution is 2.23. The van der Waals surface area contributed by atoms with E-state index in [1.807, 2.05) is 0 Å². The van der Waals surface area contributed by atoms with E-state index >= 15 is 0 Å². The summed E-state index contributed by atoms with van der Waals surface area (Å²) in [7, 11) is 0. The molecular formula is C16H10N4O4. The van der Waals surface area contributed by atoms with Crippen LogP contribution >= 0.6 is 0 Å². The highest BCUT2D eigenvalue weighted by Gasteiger charge is 2.16. The second-order valence-electron chi connectivity index (χ2n) is 5.26. The number of hydrogen-bond acceptors (Lipinski definition) is 5. The van der Waals surface area contributed by atoms with Crippen molar-refractivity contribution in [1.82, 2.24) is 14.6 Å². The molecule has 2 aromatic carbocycles. The number of nitrogens with one attached hydrogen (secondary N) is 2. The average Bonchev–Trinajstić information content (AvgIpc) is 2.99. The molecule has 118 valence electrons. The Morgan fingerprint density at radius 1 is 1.08 bits per heavy atom. The summed E-state index contributed by atoms with van der Waals surface area (Å²) in [5, 5.41) is 8.92. The topological polar surface area (TPSA) is 117 Å². The zero-order chi connectivity index (χ0) is 16.8. The number of carboxylic acids is 1. The molecule has 2 heterocycles. The van der Waals surface area contributed by atoms with Crippen molar-refractivity contribution in [1.29, 1.82) is 0 Å². The van der Waals surface area contributed by atoms with Crippen LogP contribution in [0.2, 0.25) is 0 Å². The van der Waals surface area contributed by atoms with Crippen LogP contribution < -0.4 is 16.5 Å². The Balaban J connectivity index is 1.67. The number of carboxylic acid groups (broad SMARTS) is 1. The lowest BCUT2D eigenvalue weighted by Crippen LogP contribution is -2.07. The first-order valence-corrected chi connectivity index (χ1v) is 7.01. The minimum atomic E-state index is -0.985. The van der Waals surface area contributed by atoms with Gasteiger partial charge in [-0.3, -0.25) is 15.0 Å². The molecule has 8 heteroatoms. The van der Waals surface area contributed by atoms with Crippen molar-refractivity contribution in [3.8, 4) is 11.4 Å². The molecule has 0 fully saturated rings. The molecule has 0 atom stereocenters. The fraction of sp³-hybridized carbons (Fsp3) is 0. The van der Waals surface area contributed by atoms with Crippen LogP contribution in [0.15, 0.2) is 52.1 Å². The maximum Gasteiger partial charge on any atom is 0.340 e. The Labute approximate surface area is 133 Å². The normalized spacial score (nSPS) is 11.2. The largest absolute Gasteiger partial charge is 0.478 e. The van der Waals surface area contributed by atoms with Crippen LogP contribution in [0, 0.1) is 0 Å². The second-order valence-corrected chi connectivity index (χ2v) is 5.26. The summed E-state index contributed by atoms with van der Waals surface area (Å²) in [6.45, 7) is 0. The number of hydrogen-bond donors (Lipinski definition) is 3. The van der Waals surface area contributed by atoms with Crippen LogP contribution in [0.4, 0.5) is 5.69 Å². The molecule has 2 aromatic heterocycles. The third-order valence-electron chi connectivity index (χ3n) is 3.67. The molecule has 0 radical (unpaired) electrons. The summed E-state index contributed by atoms with van der Waals surface area (Å²) in [5.74, 6) is -0.390. The summed E-state index contributed by atoms with van der Waals surface area (Å²) >= 11 is 0. The molecule has 0 saturated carbocycles. The summed E-state index contributed by atoms with van der Waals surface area (Å²) in [6.07, 6.45) is 0. The van der Waals surface area contributed by atoms with Gasteiger partial charge >= 0.3 is 17.1 Å². The van der Waals surface area contributed by atoms with Gasteiger partial charge in [0.15, 0.2) is 0 Å². The van der Waals surface area contributed by atoms with Crippen LogP contribution in [0.1, 0.15) is 10.4 Å². The van der Waals surface area contributed by atoms with E-state index in [1.54, 1.807) is 30.3 Å². The molecule has 0 bridgehead atoms. The van der Waals surface area contributed by atoms with E-state index in [2.05, 4.69) is 15.4 Å². The molecule has 3 N–H and O–H groups in total. The molecule has 4 rings (SSSR count). The fourth-order valence-corrected chi connectivity index (χ4v) is 2.35. The maximum absolute atomic E-state index is 11.0. The number of H-pyrrole nitrogens is 1. The quantitative estimate of drug-likeness (QED) is 0.486. The molecule has 24 heavy (non-hydrogen) atoms. The molecule has 0 amide bonds. The van der Waals surface area contributed by atoms with Gasteiger partial charge in [0.2, 0.25) is 0 Å². The number of fused-ring (bicyclic) bond motifs is 1. The Bertz CT molecular complexity index is 1120.